The molecule has 1 saturated heterocycles. The molecule has 1 aliphatic heterocycles. The first-order valence-electron chi connectivity index (χ1n) is 10.8. The Kier molecular flexibility index (Phi) is 5.35. The predicted octanol–water partition coefficient (Wildman–Crippen LogP) is 2.23. The molecule has 5 rings (SSSR count). The lowest BCUT2D eigenvalue weighted by atomic mass is 9.96. The van der Waals surface area contributed by atoms with Crippen molar-refractivity contribution in [3.8, 4) is 17.3 Å². The molecule has 3 atom stereocenters. The van der Waals surface area contributed by atoms with Crippen LogP contribution in [0, 0.1) is 17.2 Å². The van der Waals surface area contributed by atoms with Gasteiger partial charge in [-0.2, -0.15) is 10.4 Å². The molecule has 1 unspecified atom stereocenters. The molecule has 0 aliphatic carbocycles. The molecular formula is C22H24N10O. The van der Waals surface area contributed by atoms with Gasteiger partial charge in [0.15, 0.2) is 11.6 Å². The molecule has 0 spiro atoms. The lowest BCUT2D eigenvalue weighted by Gasteiger charge is -2.23. The summed E-state index contributed by atoms with van der Waals surface area (Å²) in [6.07, 6.45) is 9.13. The van der Waals surface area contributed by atoms with Crippen LogP contribution >= 0.6 is 0 Å². The Labute approximate surface area is 189 Å². The highest BCUT2D eigenvalue weighted by molar-refractivity contribution is 5.89. The SMILES string of the molecule is CC(O)c1cnc(N2CC[C@H]([C@H](CC#N)n3cc(-c4ncnc5[nH]ccc45)cn3)C2)c(N)n1. The summed E-state index contributed by atoms with van der Waals surface area (Å²) in [5, 5.41) is 24.7. The Balaban J connectivity index is 1.38. The third kappa shape index (κ3) is 3.85. The number of aromatic nitrogens is 7. The number of hydrogen-bond acceptors (Lipinski definition) is 9. The standard InChI is InChI=1S/C22H24N10O/c1-13(33)17-9-26-22(20(24)30-17)31-7-4-14(10-31)18(2-5-23)32-11-15(8-29-32)19-16-3-6-25-21(16)28-12-27-19/h3,6,8-9,11-14,18,33H,2,4,7,10H2,1H3,(H2,24,30)(H,25,27,28)/t13?,14-,18-/m0/s1. The van der Waals surface area contributed by atoms with Crippen LogP contribution in [0.3, 0.4) is 0 Å². The fourth-order valence-corrected chi connectivity index (χ4v) is 4.46. The summed E-state index contributed by atoms with van der Waals surface area (Å²) in [6.45, 7) is 3.07. The Morgan fingerprint density at radius 1 is 1.33 bits per heavy atom. The van der Waals surface area contributed by atoms with Gasteiger partial charge < -0.3 is 20.7 Å². The van der Waals surface area contributed by atoms with Crippen molar-refractivity contribution in [3.63, 3.8) is 0 Å². The minimum atomic E-state index is -0.725. The molecule has 1 aliphatic rings. The largest absolute Gasteiger partial charge is 0.387 e. The van der Waals surface area contributed by atoms with Crippen molar-refractivity contribution in [1.29, 1.82) is 5.26 Å². The predicted molar refractivity (Wildman–Crippen MR) is 122 cm³/mol. The number of aromatic amines is 1. The molecular weight excluding hydrogens is 420 g/mol. The molecule has 4 N–H and O–H groups in total. The second-order valence-corrected chi connectivity index (χ2v) is 8.28. The Morgan fingerprint density at radius 2 is 2.21 bits per heavy atom. The minimum Gasteiger partial charge on any atom is -0.387 e. The quantitative estimate of drug-likeness (QED) is 0.405. The zero-order valence-corrected chi connectivity index (χ0v) is 18.1. The van der Waals surface area contributed by atoms with Gasteiger partial charge in [-0.05, 0) is 19.4 Å². The van der Waals surface area contributed by atoms with Gasteiger partial charge in [0.05, 0.1) is 48.4 Å². The van der Waals surface area contributed by atoms with E-state index < -0.39 is 6.10 Å². The van der Waals surface area contributed by atoms with Crippen LogP contribution in [-0.4, -0.2) is 52.9 Å². The topological polar surface area (TPSA) is 158 Å². The average molecular weight is 445 g/mol. The monoisotopic (exact) mass is 444 g/mol. The lowest BCUT2D eigenvalue weighted by molar-refractivity contribution is 0.194. The Morgan fingerprint density at radius 3 is 3.00 bits per heavy atom. The van der Waals surface area contributed by atoms with Crippen molar-refractivity contribution >= 4 is 22.7 Å². The zero-order valence-electron chi connectivity index (χ0n) is 18.1. The number of rotatable bonds is 6. The second kappa shape index (κ2) is 8.48. The molecule has 11 heteroatoms. The smallest absolute Gasteiger partial charge is 0.171 e. The van der Waals surface area contributed by atoms with Crippen LogP contribution < -0.4 is 10.6 Å². The average Bonchev–Trinajstić information content (AvgIpc) is 3.57. The normalized spacial score (nSPS) is 17.8. The van der Waals surface area contributed by atoms with Gasteiger partial charge in [-0.1, -0.05) is 0 Å². The number of nitrogen functional groups attached to an aromatic ring is 1. The highest BCUT2D eigenvalue weighted by Crippen LogP contribution is 2.35. The van der Waals surface area contributed by atoms with Crippen molar-refractivity contribution < 1.29 is 5.11 Å². The summed E-state index contributed by atoms with van der Waals surface area (Å²) in [4.78, 5) is 22.6. The fraction of sp³-hybridized carbons (Fsp3) is 0.364. The van der Waals surface area contributed by atoms with Crippen LogP contribution in [0.2, 0.25) is 0 Å². The summed E-state index contributed by atoms with van der Waals surface area (Å²) >= 11 is 0. The van der Waals surface area contributed by atoms with E-state index in [2.05, 4.69) is 41.0 Å². The number of aliphatic hydroxyl groups excluding tert-OH is 1. The van der Waals surface area contributed by atoms with E-state index in [-0.39, 0.29) is 12.0 Å². The van der Waals surface area contributed by atoms with E-state index in [0.29, 0.717) is 30.3 Å². The molecule has 4 aromatic rings. The Bertz CT molecular complexity index is 1320. The first-order valence-corrected chi connectivity index (χ1v) is 10.8. The van der Waals surface area contributed by atoms with Gasteiger partial charge in [-0.3, -0.25) is 4.68 Å². The summed E-state index contributed by atoms with van der Waals surface area (Å²) in [7, 11) is 0. The number of fused-ring (bicyclic) bond motifs is 1. The van der Waals surface area contributed by atoms with E-state index in [0.717, 1.165) is 35.3 Å². The highest BCUT2D eigenvalue weighted by Gasteiger charge is 2.33. The van der Waals surface area contributed by atoms with Crippen LogP contribution in [0.4, 0.5) is 11.6 Å². The molecule has 168 valence electrons. The van der Waals surface area contributed by atoms with Crippen molar-refractivity contribution in [1.82, 2.24) is 34.7 Å². The minimum absolute atomic E-state index is 0.0942. The second-order valence-electron chi connectivity index (χ2n) is 8.28. The summed E-state index contributed by atoms with van der Waals surface area (Å²) in [6, 6.07) is 4.16. The summed E-state index contributed by atoms with van der Waals surface area (Å²) in [5.41, 5.74) is 9.02. The van der Waals surface area contributed by atoms with E-state index in [1.165, 1.54) is 6.33 Å². The maximum Gasteiger partial charge on any atom is 0.171 e. The van der Waals surface area contributed by atoms with Gasteiger partial charge in [-0.25, -0.2) is 19.9 Å². The number of nitriles is 1. The molecule has 0 saturated carbocycles. The maximum atomic E-state index is 9.71. The molecule has 11 nitrogen and oxygen atoms in total. The van der Waals surface area contributed by atoms with Gasteiger partial charge >= 0.3 is 0 Å². The molecule has 5 heterocycles. The summed E-state index contributed by atoms with van der Waals surface area (Å²) < 4.78 is 1.87. The van der Waals surface area contributed by atoms with Gasteiger partial charge in [0.25, 0.3) is 0 Å². The number of nitrogens with two attached hydrogens (primary N) is 1. The number of H-pyrrole nitrogens is 1. The van der Waals surface area contributed by atoms with Crippen molar-refractivity contribution in [2.75, 3.05) is 23.7 Å². The number of anilines is 2. The molecule has 0 aromatic carbocycles. The maximum absolute atomic E-state index is 9.71. The van der Waals surface area contributed by atoms with Crippen molar-refractivity contribution in [3.05, 3.63) is 42.9 Å². The van der Waals surface area contributed by atoms with E-state index in [4.69, 9.17) is 5.73 Å². The van der Waals surface area contributed by atoms with Crippen molar-refractivity contribution in [2.24, 2.45) is 5.92 Å². The first kappa shape index (κ1) is 20.8. The summed E-state index contributed by atoms with van der Waals surface area (Å²) in [5.74, 6) is 1.09. The van der Waals surface area contributed by atoms with Gasteiger partial charge in [-0.15, -0.1) is 0 Å². The molecule has 0 bridgehead atoms. The zero-order chi connectivity index (χ0) is 22.9. The van der Waals surface area contributed by atoms with Crippen LogP contribution in [0.25, 0.3) is 22.3 Å². The van der Waals surface area contributed by atoms with Crippen LogP contribution in [0.1, 0.15) is 37.6 Å². The molecule has 0 radical (unpaired) electrons. The first-order chi connectivity index (χ1) is 16.0. The van der Waals surface area contributed by atoms with Crippen molar-refractivity contribution in [2.45, 2.75) is 31.9 Å². The number of aliphatic hydroxyl groups is 1. The fourth-order valence-electron chi connectivity index (χ4n) is 4.46. The lowest BCUT2D eigenvalue weighted by Crippen LogP contribution is -2.26. The van der Waals surface area contributed by atoms with E-state index in [1.54, 1.807) is 19.3 Å². The Hall–Kier alpha value is -4.04. The molecule has 0 amide bonds. The van der Waals surface area contributed by atoms with E-state index in [1.807, 2.05) is 23.1 Å². The van der Waals surface area contributed by atoms with Crippen LogP contribution in [0.15, 0.2) is 37.2 Å². The number of nitrogens with one attached hydrogen (secondary N) is 1. The molecule has 33 heavy (non-hydrogen) atoms. The highest BCUT2D eigenvalue weighted by atomic mass is 16.3. The van der Waals surface area contributed by atoms with Gasteiger partial charge in [0.1, 0.15) is 12.0 Å². The number of hydrogen-bond donors (Lipinski definition) is 3. The molecule has 1 fully saturated rings. The third-order valence-electron chi connectivity index (χ3n) is 6.16. The van der Waals surface area contributed by atoms with Crippen LogP contribution in [-0.2, 0) is 0 Å². The van der Waals surface area contributed by atoms with E-state index >= 15 is 0 Å². The van der Waals surface area contributed by atoms with Gasteiger partial charge in [0, 0.05) is 42.4 Å². The number of nitrogens with zero attached hydrogens (tertiary/aromatic N) is 8. The van der Waals surface area contributed by atoms with Crippen LogP contribution in [0.5, 0.6) is 0 Å². The third-order valence-corrected chi connectivity index (χ3v) is 6.16. The van der Waals surface area contributed by atoms with E-state index in [9.17, 15) is 10.4 Å². The molecule has 4 aromatic heterocycles. The van der Waals surface area contributed by atoms with Gasteiger partial charge in [0.2, 0.25) is 0 Å².